The van der Waals surface area contributed by atoms with Crippen LogP contribution in [0.4, 0.5) is 13.2 Å². The zero-order valence-corrected chi connectivity index (χ0v) is 15.4. The summed E-state index contributed by atoms with van der Waals surface area (Å²) in [4.78, 5) is 12.4. The van der Waals surface area contributed by atoms with Gasteiger partial charge in [-0.3, -0.25) is 9.48 Å². The minimum absolute atomic E-state index is 0.0719. The molecule has 0 bridgehead atoms. The van der Waals surface area contributed by atoms with Gasteiger partial charge in [0.15, 0.2) is 5.69 Å². The molecule has 10 heteroatoms. The van der Waals surface area contributed by atoms with Crippen LogP contribution in [0.15, 0.2) is 18.2 Å². The molecule has 0 spiro atoms. The van der Waals surface area contributed by atoms with Crippen LogP contribution in [0.25, 0.3) is 0 Å². The van der Waals surface area contributed by atoms with E-state index in [0.717, 1.165) is 0 Å². The lowest BCUT2D eigenvalue weighted by Crippen LogP contribution is -2.28. The van der Waals surface area contributed by atoms with Crippen LogP contribution in [0.1, 0.15) is 27.3 Å². The topological polar surface area (TPSA) is 74.6 Å². The Hall–Kier alpha value is -2.75. The number of alkyl halides is 3. The zero-order chi connectivity index (χ0) is 20.3. The number of carbonyl (C=O) groups excluding carboxylic acids is 1. The summed E-state index contributed by atoms with van der Waals surface area (Å²) in [6.45, 7) is 0.460. The van der Waals surface area contributed by atoms with Crippen molar-refractivity contribution in [3.63, 3.8) is 0 Å². The molecule has 1 aliphatic rings. The number of benzene rings is 1. The highest BCUT2D eigenvalue weighted by Crippen LogP contribution is 2.34. The van der Waals surface area contributed by atoms with Gasteiger partial charge in [0.2, 0.25) is 0 Å². The van der Waals surface area contributed by atoms with E-state index in [2.05, 4.69) is 10.4 Å². The van der Waals surface area contributed by atoms with Gasteiger partial charge in [-0.1, -0.05) is 0 Å². The molecule has 0 aliphatic carbocycles. The molecule has 1 aromatic heterocycles. The lowest BCUT2D eigenvalue weighted by molar-refractivity contribution is -0.142. The highest BCUT2D eigenvalue weighted by atomic mass is 19.4. The first-order valence-corrected chi connectivity index (χ1v) is 8.58. The number of carbonyl (C=O) groups is 1. The number of amides is 1. The van der Waals surface area contributed by atoms with Gasteiger partial charge in [-0.2, -0.15) is 18.3 Å². The van der Waals surface area contributed by atoms with E-state index in [0.29, 0.717) is 35.8 Å². The summed E-state index contributed by atoms with van der Waals surface area (Å²) in [6.07, 6.45) is -4.20. The summed E-state index contributed by atoms with van der Waals surface area (Å²) in [5.41, 5.74) is -0.0346. The predicted octanol–water partition coefficient (Wildman–Crippen LogP) is 2.42. The molecular weight excluding hydrogens is 379 g/mol. The highest BCUT2D eigenvalue weighted by molar-refractivity contribution is 5.95. The molecule has 1 amide bonds. The van der Waals surface area contributed by atoms with Crippen LogP contribution in [0, 0.1) is 0 Å². The van der Waals surface area contributed by atoms with Gasteiger partial charge in [-0.15, -0.1) is 0 Å². The second kappa shape index (κ2) is 8.09. The van der Waals surface area contributed by atoms with E-state index in [1.807, 2.05) is 0 Å². The molecule has 3 rings (SSSR count). The Labute approximate surface area is 159 Å². The summed E-state index contributed by atoms with van der Waals surface area (Å²) < 4.78 is 56.2. The number of fused-ring (bicyclic) bond motifs is 1. The third-order valence-electron chi connectivity index (χ3n) is 4.39. The van der Waals surface area contributed by atoms with Crippen LogP contribution >= 0.6 is 0 Å². The van der Waals surface area contributed by atoms with Gasteiger partial charge < -0.3 is 19.5 Å². The van der Waals surface area contributed by atoms with Crippen molar-refractivity contribution in [2.24, 2.45) is 0 Å². The highest BCUT2D eigenvalue weighted by Gasteiger charge is 2.39. The third-order valence-corrected chi connectivity index (χ3v) is 4.39. The second-order valence-electron chi connectivity index (χ2n) is 6.15. The fraction of sp³-hybridized carbons (Fsp3) is 0.444. The number of hydrogen-bond donors (Lipinski definition) is 1. The van der Waals surface area contributed by atoms with Crippen molar-refractivity contribution in [1.82, 2.24) is 15.1 Å². The molecule has 28 heavy (non-hydrogen) atoms. The minimum atomic E-state index is -4.55. The molecule has 0 unspecified atom stereocenters. The van der Waals surface area contributed by atoms with Crippen LogP contribution in [0.2, 0.25) is 0 Å². The molecular formula is C18H20F3N3O4. The smallest absolute Gasteiger partial charge is 0.435 e. The van der Waals surface area contributed by atoms with E-state index in [9.17, 15) is 18.0 Å². The minimum Gasteiger partial charge on any atom is -0.497 e. The van der Waals surface area contributed by atoms with Crippen molar-refractivity contribution in [3.05, 3.63) is 40.7 Å². The second-order valence-corrected chi connectivity index (χ2v) is 6.15. The number of aromatic nitrogens is 2. The van der Waals surface area contributed by atoms with Gasteiger partial charge in [0.25, 0.3) is 5.91 Å². The maximum atomic E-state index is 13.2. The molecule has 0 atom stereocenters. The van der Waals surface area contributed by atoms with Crippen molar-refractivity contribution < 1.29 is 32.2 Å². The molecule has 0 saturated carbocycles. The Morgan fingerprint density at radius 3 is 2.54 bits per heavy atom. The normalized spacial score (nSPS) is 13.8. The summed E-state index contributed by atoms with van der Waals surface area (Å²) in [6, 6.07) is 4.73. The average molecular weight is 399 g/mol. The van der Waals surface area contributed by atoms with Gasteiger partial charge in [0, 0.05) is 35.9 Å². The molecule has 0 radical (unpaired) electrons. The van der Waals surface area contributed by atoms with E-state index in [-0.39, 0.29) is 25.3 Å². The maximum Gasteiger partial charge on any atom is 0.435 e. The first-order valence-electron chi connectivity index (χ1n) is 8.58. The quantitative estimate of drug-likeness (QED) is 0.808. The first-order chi connectivity index (χ1) is 13.3. The van der Waals surface area contributed by atoms with Crippen molar-refractivity contribution in [2.75, 3.05) is 27.4 Å². The van der Waals surface area contributed by atoms with E-state index >= 15 is 0 Å². The van der Waals surface area contributed by atoms with Gasteiger partial charge in [-0.05, 0) is 12.1 Å². The van der Waals surface area contributed by atoms with Gasteiger partial charge in [-0.25, -0.2) is 0 Å². The largest absolute Gasteiger partial charge is 0.497 e. The molecule has 7 nitrogen and oxygen atoms in total. The number of nitrogens with zero attached hydrogens (tertiary/aromatic N) is 2. The van der Waals surface area contributed by atoms with E-state index in [4.69, 9.17) is 14.2 Å². The van der Waals surface area contributed by atoms with Gasteiger partial charge >= 0.3 is 6.18 Å². The number of halogens is 3. The van der Waals surface area contributed by atoms with Crippen LogP contribution < -0.4 is 14.8 Å². The van der Waals surface area contributed by atoms with E-state index < -0.39 is 17.8 Å². The van der Waals surface area contributed by atoms with Gasteiger partial charge in [0.1, 0.15) is 11.5 Å². The lowest BCUT2D eigenvalue weighted by Gasteiger charge is -2.15. The number of rotatable bonds is 6. The fourth-order valence-corrected chi connectivity index (χ4v) is 3.04. The van der Waals surface area contributed by atoms with Gasteiger partial charge in [0.05, 0.1) is 34.0 Å². The van der Waals surface area contributed by atoms with Crippen LogP contribution in [-0.4, -0.2) is 43.1 Å². The van der Waals surface area contributed by atoms with Crippen molar-refractivity contribution >= 4 is 5.91 Å². The Morgan fingerprint density at radius 2 is 1.93 bits per heavy atom. The summed E-state index contributed by atoms with van der Waals surface area (Å²) in [7, 11) is 2.94. The maximum absolute atomic E-state index is 13.2. The lowest BCUT2D eigenvalue weighted by atomic mass is 10.1. The number of methoxy groups -OCH3 is 2. The monoisotopic (exact) mass is 399 g/mol. The van der Waals surface area contributed by atoms with Crippen molar-refractivity contribution in [1.29, 1.82) is 0 Å². The summed E-state index contributed by atoms with van der Waals surface area (Å²) in [5.74, 6) is 0.526. The molecule has 152 valence electrons. The van der Waals surface area contributed by atoms with Crippen LogP contribution in [0.3, 0.4) is 0 Å². The first kappa shape index (κ1) is 20.0. The predicted molar refractivity (Wildman–Crippen MR) is 92.5 cm³/mol. The van der Waals surface area contributed by atoms with Crippen LogP contribution in [-0.2, 0) is 30.5 Å². The fourth-order valence-electron chi connectivity index (χ4n) is 3.04. The van der Waals surface area contributed by atoms with E-state index in [1.165, 1.54) is 18.9 Å². The number of nitrogens with one attached hydrogen (secondary N) is 1. The Balaban J connectivity index is 1.70. The number of hydrogen-bond acceptors (Lipinski definition) is 5. The molecule has 2 heterocycles. The average Bonchev–Trinajstić information content (AvgIpc) is 3.06. The SMILES string of the molecule is COc1cc(OC)cc(C(=O)NCCn2nc(C(F)(F)F)c3c2CCOC3)c1. The zero-order valence-electron chi connectivity index (χ0n) is 15.4. The Kier molecular flexibility index (Phi) is 5.78. The van der Waals surface area contributed by atoms with Crippen LogP contribution in [0.5, 0.6) is 11.5 Å². The molecule has 1 N–H and O–H groups in total. The molecule has 1 aromatic carbocycles. The third kappa shape index (κ3) is 4.22. The Bertz CT molecular complexity index is 842. The number of ether oxygens (including phenoxy) is 3. The molecule has 0 fully saturated rings. The summed E-state index contributed by atoms with van der Waals surface area (Å²) >= 11 is 0. The standard InChI is InChI=1S/C18H20F3N3O4/c1-26-12-7-11(8-13(9-12)27-2)17(25)22-4-5-24-15-3-6-28-10-14(15)16(23-24)18(19,20)21/h7-9H,3-6,10H2,1-2H3,(H,22,25). The summed E-state index contributed by atoms with van der Waals surface area (Å²) in [5, 5.41) is 6.39. The molecule has 1 aliphatic heterocycles. The molecule has 2 aromatic rings. The van der Waals surface area contributed by atoms with Crippen molar-refractivity contribution in [2.45, 2.75) is 25.7 Å². The Morgan fingerprint density at radius 1 is 1.25 bits per heavy atom. The van der Waals surface area contributed by atoms with Crippen molar-refractivity contribution in [3.8, 4) is 11.5 Å². The van der Waals surface area contributed by atoms with E-state index in [1.54, 1.807) is 18.2 Å². The molecule has 0 saturated heterocycles.